The number of aliphatic hydroxyl groups is 1. The van der Waals surface area contributed by atoms with E-state index in [1.54, 1.807) is 0 Å². The standard InChI is InChI=1S/C38H50O6/c1-22(2)11-13-27(25(7)8)20-37-21-28(15-12-23(3)4)36(9,10)38(35(37)44,18-17-24(5)6)34(43)31(33(37)42)32(41)26-14-16-29(39)30(40)19-26/h11-12,14,16-17,19,27-28,39-40,42H,7,13,15,18,20-21H2,1-6,8-10H3/t27?,28-,37-,38?/m1/s1. The van der Waals surface area contributed by atoms with Crippen LogP contribution < -0.4 is 0 Å². The number of Topliss-reactive ketones (excluding diaryl/α,β-unsaturated/α-hetero) is 3. The molecule has 0 radical (unpaired) electrons. The Morgan fingerprint density at radius 3 is 2.05 bits per heavy atom. The topological polar surface area (TPSA) is 112 Å². The molecule has 44 heavy (non-hydrogen) atoms. The first kappa shape index (κ1) is 34.8. The van der Waals surface area contributed by atoms with E-state index in [1.165, 1.54) is 12.1 Å². The summed E-state index contributed by atoms with van der Waals surface area (Å²) >= 11 is 0. The molecule has 1 aromatic rings. The minimum Gasteiger partial charge on any atom is -0.510 e. The van der Waals surface area contributed by atoms with Crippen molar-refractivity contribution < 1.29 is 29.7 Å². The number of carbonyl (C=O) groups is 3. The van der Waals surface area contributed by atoms with Gasteiger partial charge in [0.1, 0.15) is 16.7 Å². The molecule has 6 heteroatoms. The van der Waals surface area contributed by atoms with Crippen molar-refractivity contribution in [2.24, 2.45) is 28.1 Å². The number of aliphatic hydroxyl groups excluding tert-OH is 1. The molecule has 1 fully saturated rings. The van der Waals surface area contributed by atoms with E-state index in [4.69, 9.17) is 0 Å². The first-order chi connectivity index (χ1) is 20.3. The predicted molar refractivity (Wildman–Crippen MR) is 176 cm³/mol. The number of phenolic OH excluding ortho intramolecular Hbond substituents is 2. The molecule has 2 aliphatic rings. The maximum absolute atomic E-state index is 15.2. The molecule has 3 N–H and O–H groups in total. The molecule has 2 aliphatic carbocycles. The Hall–Kier alpha value is -3.67. The van der Waals surface area contributed by atoms with Crippen molar-refractivity contribution in [3.05, 3.63) is 82.2 Å². The molecule has 1 aromatic carbocycles. The number of phenols is 2. The summed E-state index contributed by atoms with van der Waals surface area (Å²) < 4.78 is 0. The van der Waals surface area contributed by atoms with Gasteiger partial charge in [-0.2, -0.15) is 0 Å². The van der Waals surface area contributed by atoms with Gasteiger partial charge in [0.25, 0.3) is 0 Å². The second-order valence-corrected chi connectivity index (χ2v) is 14.3. The molecule has 2 unspecified atom stereocenters. The zero-order valence-electron chi connectivity index (χ0n) is 27.9. The number of aromatic hydroxyl groups is 2. The highest BCUT2D eigenvalue weighted by atomic mass is 16.3. The lowest BCUT2D eigenvalue weighted by molar-refractivity contribution is -0.172. The monoisotopic (exact) mass is 602 g/mol. The largest absolute Gasteiger partial charge is 0.510 e. The van der Waals surface area contributed by atoms with Crippen LogP contribution in [0.25, 0.3) is 0 Å². The van der Waals surface area contributed by atoms with E-state index < -0.39 is 50.6 Å². The Bertz CT molecular complexity index is 1490. The highest BCUT2D eigenvalue weighted by Crippen LogP contribution is 2.67. The first-order valence-electron chi connectivity index (χ1n) is 15.5. The number of hydrogen-bond donors (Lipinski definition) is 3. The smallest absolute Gasteiger partial charge is 0.200 e. The van der Waals surface area contributed by atoms with Gasteiger partial charge in [0, 0.05) is 5.56 Å². The second kappa shape index (κ2) is 12.7. The minimum absolute atomic E-state index is 0.0602. The van der Waals surface area contributed by atoms with E-state index >= 15 is 4.79 Å². The van der Waals surface area contributed by atoms with Gasteiger partial charge in [-0.1, -0.05) is 60.9 Å². The molecule has 0 heterocycles. The van der Waals surface area contributed by atoms with Crippen LogP contribution in [-0.4, -0.2) is 32.7 Å². The van der Waals surface area contributed by atoms with Crippen LogP contribution in [0.4, 0.5) is 0 Å². The molecule has 0 aromatic heterocycles. The summed E-state index contributed by atoms with van der Waals surface area (Å²) in [6, 6.07) is 3.56. The maximum atomic E-state index is 15.2. The van der Waals surface area contributed by atoms with Crippen LogP contribution in [0.2, 0.25) is 0 Å². The van der Waals surface area contributed by atoms with Crippen molar-refractivity contribution in [2.75, 3.05) is 0 Å². The van der Waals surface area contributed by atoms with Crippen LogP contribution in [0.5, 0.6) is 11.5 Å². The number of carbonyl (C=O) groups excluding carboxylic acids is 3. The van der Waals surface area contributed by atoms with Gasteiger partial charge in [-0.3, -0.25) is 14.4 Å². The van der Waals surface area contributed by atoms with Crippen LogP contribution >= 0.6 is 0 Å². The van der Waals surface area contributed by atoms with Gasteiger partial charge in [-0.15, -0.1) is 0 Å². The van der Waals surface area contributed by atoms with Gasteiger partial charge in [0.15, 0.2) is 28.8 Å². The molecule has 3 rings (SSSR count). The SMILES string of the molecule is C=C(C)C(CC=C(C)C)C[C@@]12C[C@@H](CC=C(C)C)C(C)(C)C(CC=C(C)C)(C(=O)C(C(=O)c3ccc(O)c(O)c3)=C1O)C2=O. The third-order valence-electron chi connectivity index (χ3n) is 10.0. The predicted octanol–water partition coefficient (Wildman–Crippen LogP) is 8.91. The zero-order chi connectivity index (χ0) is 33.4. The summed E-state index contributed by atoms with van der Waals surface area (Å²) in [5.41, 5.74) is -0.430. The lowest BCUT2D eigenvalue weighted by atomic mass is 9.39. The van der Waals surface area contributed by atoms with Gasteiger partial charge < -0.3 is 15.3 Å². The van der Waals surface area contributed by atoms with Crippen molar-refractivity contribution in [3.63, 3.8) is 0 Å². The van der Waals surface area contributed by atoms with Crippen molar-refractivity contribution in [1.82, 2.24) is 0 Å². The maximum Gasteiger partial charge on any atom is 0.200 e. The molecule has 2 bridgehead atoms. The van der Waals surface area contributed by atoms with E-state index in [2.05, 4.69) is 18.7 Å². The molecule has 0 aliphatic heterocycles. The third kappa shape index (κ3) is 6.00. The highest BCUT2D eigenvalue weighted by Gasteiger charge is 2.72. The molecule has 6 nitrogen and oxygen atoms in total. The van der Waals surface area contributed by atoms with Gasteiger partial charge >= 0.3 is 0 Å². The molecule has 1 saturated carbocycles. The Kier molecular flexibility index (Phi) is 10.1. The number of benzene rings is 1. The van der Waals surface area contributed by atoms with Crippen LogP contribution in [0.1, 0.15) is 105 Å². The molecule has 0 saturated heterocycles. The number of ketones is 3. The van der Waals surface area contributed by atoms with Gasteiger partial charge in [0.05, 0.1) is 5.41 Å². The average Bonchev–Trinajstić information content (AvgIpc) is 2.91. The average molecular weight is 603 g/mol. The Morgan fingerprint density at radius 1 is 0.932 bits per heavy atom. The molecule has 0 spiro atoms. The van der Waals surface area contributed by atoms with E-state index in [9.17, 15) is 24.9 Å². The molecular formula is C38H50O6. The zero-order valence-corrected chi connectivity index (χ0v) is 27.9. The summed E-state index contributed by atoms with van der Waals surface area (Å²) in [7, 11) is 0. The van der Waals surface area contributed by atoms with Gasteiger partial charge in [0.2, 0.25) is 0 Å². The fourth-order valence-electron chi connectivity index (χ4n) is 7.09. The highest BCUT2D eigenvalue weighted by molar-refractivity contribution is 6.35. The second-order valence-electron chi connectivity index (χ2n) is 14.3. The van der Waals surface area contributed by atoms with Crippen molar-refractivity contribution in [3.8, 4) is 11.5 Å². The Labute approximate surface area is 263 Å². The molecule has 0 amide bonds. The normalized spacial score (nSPS) is 24.8. The molecule has 238 valence electrons. The Balaban J connectivity index is 2.46. The van der Waals surface area contributed by atoms with Crippen molar-refractivity contribution >= 4 is 17.3 Å². The quantitative estimate of drug-likeness (QED) is 0.0766. The van der Waals surface area contributed by atoms with Crippen LogP contribution in [0.3, 0.4) is 0 Å². The number of hydrogen-bond acceptors (Lipinski definition) is 6. The van der Waals surface area contributed by atoms with Crippen LogP contribution in [0.15, 0.2) is 76.6 Å². The fourth-order valence-corrected chi connectivity index (χ4v) is 7.09. The van der Waals surface area contributed by atoms with Crippen molar-refractivity contribution in [1.29, 1.82) is 0 Å². The molecular weight excluding hydrogens is 552 g/mol. The summed E-state index contributed by atoms with van der Waals surface area (Å²) in [5, 5.41) is 32.3. The number of fused-ring (bicyclic) bond motifs is 2. The lowest BCUT2D eigenvalue weighted by Gasteiger charge is -2.60. The summed E-state index contributed by atoms with van der Waals surface area (Å²) in [6.45, 7) is 21.9. The molecule has 4 atom stereocenters. The van der Waals surface area contributed by atoms with E-state index in [1.807, 2.05) is 68.4 Å². The Morgan fingerprint density at radius 2 is 1.52 bits per heavy atom. The first-order valence-corrected chi connectivity index (χ1v) is 15.5. The fraction of sp³-hybridized carbons (Fsp3) is 0.500. The van der Waals surface area contributed by atoms with E-state index in [-0.39, 0.29) is 42.4 Å². The summed E-state index contributed by atoms with van der Waals surface area (Å²) in [6.07, 6.45) is 7.90. The third-order valence-corrected chi connectivity index (χ3v) is 10.0. The van der Waals surface area contributed by atoms with E-state index in [0.717, 1.165) is 28.4 Å². The van der Waals surface area contributed by atoms with Crippen LogP contribution in [-0.2, 0) is 9.59 Å². The lowest BCUT2D eigenvalue weighted by Crippen LogP contribution is -2.67. The van der Waals surface area contributed by atoms with Gasteiger partial charge in [-0.25, -0.2) is 0 Å². The van der Waals surface area contributed by atoms with Crippen molar-refractivity contribution in [2.45, 2.75) is 94.4 Å². The summed E-state index contributed by atoms with van der Waals surface area (Å²) in [4.78, 5) is 44.3. The van der Waals surface area contributed by atoms with E-state index in [0.29, 0.717) is 12.8 Å². The van der Waals surface area contributed by atoms with Crippen LogP contribution in [0, 0.1) is 28.1 Å². The number of allylic oxidation sites excluding steroid dienone is 9. The minimum atomic E-state index is -1.62. The summed E-state index contributed by atoms with van der Waals surface area (Å²) in [5.74, 6) is -3.57. The number of rotatable bonds is 11. The van der Waals surface area contributed by atoms with Gasteiger partial charge in [-0.05, 0) is 116 Å².